The van der Waals surface area contributed by atoms with Crippen LogP contribution in [0, 0.1) is 17.3 Å². The van der Waals surface area contributed by atoms with E-state index in [0.29, 0.717) is 60.4 Å². The second-order valence-electron chi connectivity index (χ2n) is 17.1. The molecule has 0 spiro atoms. The Hall–Kier alpha value is -4.60. The third kappa shape index (κ3) is 8.65. The average Bonchev–Trinajstić information content (AvgIpc) is 4.12. The molecule has 4 bridgehead atoms. The number of amides is 4. The summed E-state index contributed by atoms with van der Waals surface area (Å²) in [6.07, 6.45) is 7.61. The Morgan fingerprint density at radius 2 is 1.81 bits per heavy atom. The number of alkyl carbamates (subject to hydrolysis) is 1. The third-order valence-electron chi connectivity index (χ3n) is 12.3. The van der Waals surface area contributed by atoms with Gasteiger partial charge in [0.2, 0.25) is 27.7 Å². The van der Waals surface area contributed by atoms with Gasteiger partial charge in [0.05, 0.1) is 38.1 Å². The van der Waals surface area contributed by atoms with Crippen molar-refractivity contribution in [2.75, 3.05) is 27.4 Å². The molecule has 0 unspecified atom stereocenters. The molecular weight excluding hydrogens is 755 g/mol. The smallest absolute Gasteiger partial charge is 0.407 e. The van der Waals surface area contributed by atoms with Crippen LogP contribution < -0.4 is 29.6 Å². The van der Waals surface area contributed by atoms with Crippen molar-refractivity contribution in [3.63, 3.8) is 0 Å². The zero-order valence-electron chi connectivity index (χ0n) is 33.3. The summed E-state index contributed by atoms with van der Waals surface area (Å²) in [6, 6.07) is 3.40. The quantitative estimate of drug-likeness (QED) is 0.306. The summed E-state index contributed by atoms with van der Waals surface area (Å²) in [5.74, 6) is -1.24. The number of nitrogens with zero attached hydrogens (tertiary/aromatic N) is 2. The summed E-state index contributed by atoms with van der Waals surface area (Å²) in [7, 11) is -0.799. The van der Waals surface area contributed by atoms with Crippen molar-refractivity contribution >= 4 is 44.7 Å². The minimum absolute atomic E-state index is 0.0147. The van der Waals surface area contributed by atoms with E-state index in [1.165, 1.54) is 18.1 Å². The normalized spacial score (nSPS) is 28.2. The minimum Gasteiger partial charge on any atom is -0.496 e. The number of ether oxygens (including phenoxy) is 4. The van der Waals surface area contributed by atoms with Crippen molar-refractivity contribution in [3.8, 4) is 17.4 Å². The zero-order valence-corrected chi connectivity index (χ0v) is 34.1. The molecule has 16 heteroatoms. The molecule has 3 N–H and O–H groups in total. The molecule has 2 aromatic rings. The number of aryl methyl sites for hydroxylation is 1. The van der Waals surface area contributed by atoms with E-state index >= 15 is 0 Å². The number of carbonyl (C=O) groups excluding carboxylic acids is 4. The summed E-state index contributed by atoms with van der Waals surface area (Å²) in [5.41, 5.74) is -0.422. The summed E-state index contributed by atoms with van der Waals surface area (Å²) in [5, 5.41) is 5.81. The first-order valence-electron chi connectivity index (χ1n) is 20.1. The number of pyridine rings is 1. The number of fused-ring (bicyclic) bond motifs is 3. The van der Waals surface area contributed by atoms with E-state index in [1.54, 1.807) is 13.2 Å². The van der Waals surface area contributed by atoms with Crippen LogP contribution in [0.1, 0.15) is 90.0 Å². The van der Waals surface area contributed by atoms with Gasteiger partial charge in [-0.3, -0.25) is 19.1 Å². The molecule has 3 saturated carbocycles. The summed E-state index contributed by atoms with van der Waals surface area (Å²) >= 11 is 0. The van der Waals surface area contributed by atoms with Crippen LogP contribution in [0.25, 0.3) is 10.9 Å². The monoisotopic (exact) mass is 809 g/mol. The van der Waals surface area contributed by atoms with E-state index in [9.17, 15) is 27.6 Å². The summed E-state index contributed by atoms with van der Waals surface area (Å²) < 4.78 is 51.6. The molecule has 310 valence electrons. The number of nitrogens with one attached hydrogen (secondary N) is 3. The van der Waals surface area contributed by atoms with Crippen LogP contribution in [0.2, 0.25) is 0 Å². The van der Waals surface area contributed by atoms with E-state index in [4.69, 9.17) is 18.9 Å². The predicted octanol–water partition coefficient (Wildman–Crippen LogP) is 4.31. The van der Waals surface area contributed by atoms with Crippen molar-refractivity contribution in [3.05, 3.63) is 36.4 Å². The summed E-state index contributed by atoms with van der Waals surface area (Å²) in [6.45, 7) is 7.98. The number of benzene rings is 1. The van der Waals surface area contributed by atoms with Gasteiger partial charge in [-0.15, -0.1) is 6.58 Å². The topological polar surface area (TPSA) is 192 Å². The molecule has 15 nitrogen and oxygen atoms in total. The van der Waals surface area contributed by atoms with Crippen LogP contribution in [0.3, 0.4) is 0 Å². The zero-order chi connectivity index (χ0) is 40.7. The fourth-order valence-corrected chi connectivity index (χ4v) is 10.1. The van der Waals surface area contributed by atoms with Gasteiger partial charge < -0.3 is 34.5 Å². The second-order valence-corrected chi connectivity index (χ2v) is 19.1. The van der Waals surface area contributed by atoms with Crippen LogP contribution in [-0.4, -0.2) is 98.5 Å². The summed E-state index contributed by atoms with van der Waals surface area (Å²) in [4.78, 5) is 62.6. The molecule has 5 atom stereocenters. The van der Waals surface area contributed by atoms with Gasteiger partial charge in [-0.05, 0) is 74.3 Å². The van der Waals surface area contributed by atoms with Gasteiger partial charge in [0.15, 0.2) is 0 Å². The van der Waals surface area contributed by atoms with Crippen molar-refractivity contribution in [1.29, 1.82) is 0 Å². The maximum absolute atomic E-state index is 14.9. The molecule has 4 amide bonds. The van der Waals surface area contributed by atoms with Crippen LogP contribution in [0.15, 0.2) is 30.9 Å². The van der Waals surface area contributed by atoms with Gasteiger partial charge >= 0.3 is 6.09 Å². The fraction of sp³-hybridized carbons (Fsp3) is 0.634. The Bertz CT molecular complexity index is 2030. The molecule has 1 saturated heterocycles. The first kappa shape index (κ1) is 40.6. The first-order valence-corrected chi connectivity index (χ1v) is 21.7. The maximum Gasteiger partial charge on any atom is 0.407 e. The van der Waals surface area contributed by atoms with Crippen molar-refractivity contribution in [1.82, 2.24) is 25.2 Å². The highest BCUT2D eigenvalue weighted by Crippen LogP contribution is 2.46. The molecular formula is C41H55N5O10S. The Kier molecular flexibility index (Phi) is 11.4. The Balaban J connectivity index is 1.26. The standard InChI is InChI=1S/C41H55N5O10S/c1-6-26-21-41(26,38(49)45-57(51,52)28-14-15-28)44-36(47)31-18-27-22-46(31)37(48)35(24-11-8-7-9-12-24)43-39(50)55-23-40(2,3)16-10-13-25-17-29-30(19-32(25)53-4)42-34(54-5)20-33(29)56-27/h6,17,19-20,24,26-28,31,35H,1,7-16,18,21-23H2,2-5H3,(H,43,50)(H,44,47)(H,45,49)/t26-,27-,31+,35+,41-/m1/s1. The molecule has 7 rings (SSSR count). The number of hydrogen-bond acceptors (Lipinski definition) is 11. The lowest BCUT2D eigenvalue weighted by molar-refractivity contribution is -0.142. The number of rotatable bonds is 9. The van der Waals surface area contributed by atoms with Gasteiger partial charge in [0.25, 0.3) is 5.91 Å². The number of carbonyl (C=O) groups is 4. The lowest BCUT2D eigenvalue weighted by Crippen LogP contribution is -2.59. The number of methoxy groups -OCH3 is 2. The largest absolute Gasteiger partial charge is 0.496 e. The highest BCUT2D eigenvalue weighted by molar-refractivity contribution is 7.91. The molecule has 3 heterocycles. The number of hydrogen-bond donors (Lipinski definition) is 3. The van der Waals surface area contributed by atoms with Crippen LogP contribution in [0.5, 0.6) is 17.4 Å². The predicted molar refractivity (Wildman–Crippen MR) is 210 cm³/mol. The molecule has 2 aliphatic heterocycles. The Morgan fingerprint density at radius 3 is 2.47 bits per heavy atom. The lowest BCUT2D eigenvalue weighted by atomic mass is 9.83. The van der Waals surface area contributed by atoms with Crippen molar-refractivity contribution in [2.45, 2.75) is 120 Å². The average molecular weight is 810 g/mol. The van der Waals surface area contributed by atoms with Crippen LogP contribution in [0.4, 0.5) is 4.79 Å². The van der Waals surface area contributed by atoms with E-state index in [-0.39, 0.29) is 37.3 Å². The van der Waals surface area contributed by atoms with E-state index in [0.717, 1.165) is 37.7 Å². The molecule has 0 radical (unpaired) electrons. The minimum atomic E-state index is -3.91. The van der Waals surface area contributed by atoms with E-state index in [2.05, 4.69) is 26.9 Å². The molecule has 3 aliphatic carbocycles. The first-order chi connectivity index (χ1) is 27.2. The second kappa shape index (κ2) is 16.0. The third-order valence-corrected chi connectivity index (χ3v) is 14.1. The molecule has 57 heavy (non-hydrogen) atoms. The lowest BCUT2D eigenvalue weighted by Gasteiger charge is -2.35. The SMILES string of the molecule is C=C[C@@H]1C[C@]1(NC(=O)[C@@H]1C[C@@H]2CN1C(=O)[C@H](C1CCCCC1)NC(=O)OCC(C)(C)CCCc1cc3c(cc(OC)nc3cc1OC)O2)C(=O)NS(=O)(=O)C1CC1. The highest BCUT2D eigenvalue weighted by Gasteiger charge is 2.62. The number of cyclic esters (lactones) is 1. The van der Waals surface area contributed by atoms with Gasteiger partial charge in [0, 0.05) is 29.9 Å². The molecule has 1 aromatic heterocycles. The van der Waals surface area contributed by atoms with Gasteiger partial charge in [-0.25, -0.2) is 18.2 Å². The van der Waals surface area contributed by atoms with E-state index < -0.39 is 68.7 Å². The van der Waals surface area contributed by atoms with Gasteiger partial charge in [0.1, 0.15) is 35.2 Å². The highest BCUT2D eigenvalue weighted by atomic mass is 32.2. The van der Waals surface area contributed by atoms with Gasteiger partial charge in [-0.2, -0.15) is 0 Å². The van der Waals surface area contributed by atoms with Crippen LogP contribution >= 0.6 is 0 Å². The molecule has 1 aromatic carbocycles. The fourth-order valence-electron chi connectivity index (χ4n) is 8.69. The van der Waals surface area contributed by atoms with Crippen LogP contribution in [-0.2, 0) is 35.6 Å². The Labute approximate surface area is 334 Å². The number of aromatic nitrogens is 1. The van der Waals surface area contributed by atoms with Crippen molar-refractivity contribution < 1.29 is 46.5 Å². The number of sulfonamides is 1. The van der Waals surface area contributed by atoms with Crippen molar-refractivity contribution in [2.24, 2.45) is 17.3 Å². The maximum atomic E-state index is 14.9. The molecule has 5 aliphatic rings. The van der Waals surface area contributed by atoms with E-state index in [1.807, 2.05) is 26.0 Å². The Morgan fingerprint density at radius 1 is 1.05 bits per heavy atom. The van der Waals surface area contributed by atoms with Gasteiger partial charge in [-0.1, -0.05) is 39.2 Å². The molecule has 4 fully saturated rings.